The Hall–Kier alpha value is -1.38. The third-order valence-electron chi connectivity index (χ3n) is 2.18. The summed E-state index contributed by atoms with van der Waals surface area (Å²) in [7, 11) is 0. The number of nitriles is 1. The second-order valence-electron chi connectivity index (χ2n) is 3.43. The molecule has 0 amide bonds. The Balaban J connectivity index is 2.29. The second-order valence-corrected chi connectivity index (χ2v) is 5.40. The molecule has 2 aromatic carbocycles. The maximum atomic E-state index is 13.5. The van der Waals surface area contributed by atoms with Gasteiger partial charge in [0.1, 0.15) is 17.7 Å². The van der Waals surface area contributed by atoms with E-state index in [9.17, 15) is 8.78 Å². The van der Waals surface area contributed by atoms with Crippen molar-refractivity contribution in [1.82, 2.24) is 0 Å². The first-order chi connectivity index (χ1) is 8.60. The molecule has 18 heavy (non-hydrogen) atoms. The van der Waals surface area contributed by atoms with Gasteiger partial charge in [0.05, 0.1) is 5.56 Å². The van der Waals surface area contributed by atoms with Crippen LogP contribution in [0, 0.1) is 23.0 Å². The summed E-state index contributed by atoms with van der Waals surface area (Å²) >= 11 is 4.44. The van der Waals surface area contributed by atoms with Gasteiger partial charge in [0.25, 0.3) is 0 Å². The number of nitrogens with zero attached hydrogens (tertiary/aromatic N) is 1. The van der Waals surface area contributed by atoms with E-state index in [0.717, 1.165) is 11.0 Å². The molecule has 0 saturated carbocycles. The Bertz CT molecular complexity index is 637. The van der Waals surface area contributed by atoms with Crippen molar-refractivity contribution in [3.05, 3.63) is 58.1 Å². The molecule has 0 N–H and O–H groups in total. The van der Waals surface area contributed by atoms with Crippen molar-refractivity contribution in [3.63, 3.8) is 0 Å². The van der Waals surface area contributed by atoms with Gasteiger partial charge in [-0.1, -0.05) is 11.8 Å². The minimum atomic E-state index is -0.599. The third kappa shape index (κ3) is 2.89. The maximum Gasteiger partial charge on any atom is 0.140 e. The van der Waals surface area contributed by atoms with Gasteiger partial charge in [-0.15, -0.1) is 0 Å². The van der Waals surface area contributed by atoms with Crippen molar-refractivity contribution in [1.29, 1.82) is 5.26 Å². The number of rotatable bonds is 2. The Labute approximate surface area is 116 Å². The van der Waals surface area contributed by atoms with Gasteiger partial charge in [-0.2, -0.15) is 5.26 Å². The van der Waals surface area contributed by atoms with E-state index in [4.69, 9.17) is 5.26 Å². The molecular formula is C13H6BrF2NS. The summed E-state index contributed by atoms with van der Waals surface area (Å²) in [6.07, 6.45) is 0. The van der Waals surface area contributed by atoms with Crippen molar-refractivity contribution >= 4 is 27.7 Å². The molecule has 0 unspecified atom stereocenters. The van der Waals surface area contributed by atoms with Crippen molar-refractivity contribution in [2.75, 3.05) is 0 Å². The van der Waals surface area contributed by atoms with Gasteiger partial charge in [-0.05, 0) is 46.3 Å². The van der Waals surface area contributed by atoms with Crippen molar-refractivity contribution in [2.24, 2.45) is 0 Å². The topological polar surface area (TPSA) is 23.8 Å². The first-order valence-corrected chi connectivity index (χ1v) is 6.53. The van der Waals surface area contributed by atoms with Gasteiger partial charge in [0.2, 0.25) is 0 Å². The Morgan fingerprint density at radius 2 is 1.89 bits per heavy atom. The van der Waals surface area contributed by atoms with Gasteiger partial charge >= 0.3 is 0 Å². The average Bonchev–Trinajstić information content (AvgIpc) is 2.33. The lowest BCUT2D eigenvalue weighted by Crippen LogP contribution is -1.84. The molecule has 0 saturated heterocycles. The zero-order valence-corrected chi connectivity index (χ0v) is 11.4. The Morgan fingerprint density at radius 1 is 1.11 bits per heavy atom. The van der Waals surface area contributed by atoms with E-state index in [-0.39, 0.29) is 0 Å². The summed E-state index contributed by atoms with van der Waals surface area (Å²) in [5.41, 5.74) is 0.513. The monoisotopic (exact) mass is 325 g/mol. The van der Waals surface area contributed by atoms with Gasteiger partial charge in [0.15, 0.2) is 0 Å². The molecule has 0 bridgehead atoms. The van der Waals surface area contributed by atoms with Crippen molar-refractivity contribution in [2.45, 2.75) is 9.79 Å². The molecule has 90 valence electrons. The van der Waals surface area contributed by atoms with E-state index in [1.165, 1.54) is 23.9 Å². The highest BCUT2D eigenvalue weighted by Crippen LogP contribution is 2.32. The van der Waals surface area contributed by atoms with E-state index in [0.29, 0.717) is 14.9 Å². The van der Waals surface area contributed by atoms with Crippen LogP contribution in [0.5, 0.6) is 0 Å². The van der Waals surface area contributed by atoms with Gasteiger partial charge in [0, 0.05) is 20.3 Å². The Morgan fingerprint density at radius 3 is 2.50 bits per heavy atom. The van der Waals surface area contributed by atoms with Gasteiger partial charge in [-0.3, -0.25) is 0 Å². The number of hydrogen-bond donors (Lipinski definition) is 0. The highest BCUT2D eigenvalue weighted by molar-refractivity contribution is 9.10. The second kappa shape index (κ2) is 5.51. The molecule has 2 aromatic rings. The lowest BCUT2D eigenvalue weighted by Gasteiger charge is -2.04. The molecule has 0 atom stereocenters. The van der Waals surface area contributed by atoms with E-state index in [2.05, 4.69) is 15.9 Å². The molecule has 0 radical (unpaired) electrons. The first-order valence-electron chi connectivity index (χ1n) is 4.92. The Kier molecular flexibility index (Phi) is 4.00. The predicted molar refractivity (Wildman–Crippen MR) is 69.3 cm³/mol. The van der Waals surface area contributed by atoms with Crippen LogP contribution in [0.4, 0.5) is 8.78 Å². The highest BCUT2D eigenvalue weighted by atomic mass is 79.9. The standard InChI is InChI=1S/C13H6BrF2NS/c14-11-6-10(3-1-8(11)7-17)18-13-4-2-9(15)5-12(13)16/h1-6H. The zero-order chi connectivity index (χ0) is 13.1. The highest BCUT2D eigenvalue weighted by Gasteiger charge is 2.07. The maximum absolute atomic E-state index is 13.5. The summed E-state index contributed by atoms with van der Waals surface area (Å²) in [6.45, 7) is 0. The van der Waals surface area contributed by atoms with Crippen molar-refractivity contribution < 1.29 is 8.78 Å². The molecular weight excluding hydrogens is 320 g/mol. The molecule has 0 spiro atoms. The average molecular weight is 326 g/mol. The number of halogens is 3. The van der Waals surface area contributed by atoms with Crippen LogP contribution in [0.2, 0.25) is 0 Å². The third-order valence-corrected chi connectivity index (χ3v) is 3.88. The summed E-state index contributed by atoms with van der Waals surface area (Å²) < 4.78 is 26.9. The molecule has 0 aromatic heterocycles. The van der Waals surface area contributed by atoms with Crippen LogP contribution >= 0.6 is 27.7 Å². The molecule has 0 aliphatic carbocycles. The van der Waals surface area contributed by atoms with Crippen LogP contribution in [0.3, 0.4) is 0 Å². The molecule has 0 aliphatic heterocycles. The van der Waals surface area contributed by atoms with Crippen LogP contribution in [0.25, 0.3) is 0 Å². The minimum absolute atomic E-state index is 0.341. The fourth-order valence-corrected chi connectivity index (χ4v) is 2.81. The predicted octanol–water partition coefficient (Wildman–Crippen LogP) is 4.75. The summed E-state index contributed by atoms with van der Waals surface area (Å²) in [5.74, 6) is -1.20. The molecule has 0 fully saturated rings. The molecule has 0 heterocycles. The van der Waals surface area contributed by atoms with Crippen LogP contribution in [0.15, 0.2) is 50.7 Å². The number of benzene rings is 2. The first kappa shape index (κ1) is 13.1. The van der Waals surface area contributed by atoms with E-state index < -0.39 is 11.6 Å². The van der Waals surface area contributed by atoms with Crippen LogP contribution in [0.1, 0.15) is 5.56 Å². The number of hydrogen-bond acceptors (Lipinski definition) is 2. The smallest absolute Gasteiger partial charge is 0.140 e. The van der Waals surface area contributed by atoms with Gasteiger partial charge < -0.3 is 0 Å². The SMILES string of the molecule is N#Cc1ccc(Sc2ccc(F)cc2F)cc1Br. The van der Waals surface area contributed by atoms with Gasteiger partial charge in [-0.25, -0.2) is 8.78 Å². The normalized spacial score (nSPS) is 10.1. The molecule has 1 nitrogen and oxygen atoms in total. The van der Waals surface area contributed by atoms with Crippen LogP contribution in [-0.2, 0) is 0 Å². The largest absolute Gasteiger partial charge is 0.207 e. The molecule has 5 heteroatoms. The quantitative estimate of drug-likeness (QED) is 0.795. The summed E-state index contributed by atoms with van der Waals surface area (Å²) in [5, 5.41) is 8.79. The lowest BCUT2D eigenvalue weighted by atomic mass is 10.2. The molecule has 0 aliphatic rings. The fourth-order valence-electron chi connectivity index (χ4n) is 1.33. The fraction of sp³-hybridized carbons (Fsp3) is 0. The minimum Gasteiger partial charge on any atom is -0.207 e. The lowest BCUT2D eigenvalue weighted by molar-refractivity contribution is 0.565. The van der Waals surface area contributed by atoms with Crippen LogP contribution < -0.4 is 0 Å². The van der Waals surface area contributed by atoms with Crippen LogP contribution in [-0.4, -0.2) is 0 Å². The van der Waals surface area contributed by atoms with Crippen molar-refractivity contribution in [3.8, 4) is 6.07 Å². The zero-order valence-electron chi connectivity index (χ0n) is 8.95. The summed E-state index contributed by atoms with van der Waals surface area (Å²) in [4.78, 5) is 1.11. The van der Waals surface area contributed by atoms with E-state index >= 15 is 0 Å². The van der Waals surface area contributed by atoms with E-state index in [1.807, 2.05) is 6.07 Å². The van der Waals surface area contributed by atoms with E-state index in [1.54, 1.807) is 18.2 Å². The summed E-state index contributed by atoms with van der Waals surface area (Å²) in [6, 6.07) is 10.6. The molecule has 2 rings (SSSR count).